The number of nitriles is 1. The van der Waals surface area contributed by atoms with Crippen LogP contribution in [0.2, 0.25) is 0 Å². The first-order chi connectivity index (χ1) is 8.72. The molecule has 0 bridgehead atoms. The fourth-order valence-electron chi connectivity index (χ4n) is 1.42. The molecule has 0 aliphatic heterocycles. The Balaban J connectivity index is 2.20. The second kappa shape index (κ2) is 5.15. The SMILES string of the molecule is COc1cc(Nc2ccc(C#N)cn2)ccc1F. The average Bonchev–Trinajstić information content (AvgIpc) is 2.42. The highest BCUT2D eigenvalue weighted by atomic mass is 19.1. The summed E-state index contributed by atoms with van der Waals surface area (Å²) in [7, 11) is 1.40. The molecule has 0 amide bonds. The lowest BCUT2D eigenvalue weighted by atomic mass is 10.2. The molecular formula is C13H10FN3O. The van der Waals surface area contributed by atoms with Crippen molar-refractivity contribution in [3.05, 3.63) is 47.9 Å². The molecular weight excluding hydrogens is 233 g/mol. The standard InChI is InChI=1S/C13H10FN3O/c1-18-12-6-10(3-4-11(12)14)17-13-5-2-9(7-15)8-16-13/h2-6,8H,1H3,(H,16,17). The Morgan fingerprint density at radius 3 is 2.78 bits per heavy atom. The maximum absolute atomic E-state index is 13.2. The van der Waals surface area contributed by atoms with Gasteiger partial charge >= 0.3 is 0 Å². The number of hydrogen-bond donors (Lipinski definition) is 1. The van der Waals surface area contributed by atoms with Crippen molar-refractivity contribution in [3.63, 3.8) is 0 Å². The van der Waals surface area contributed by atoms with Gasteiger partial charge in [-0.2, -0.15) is 5.26 Å². The molecule has 0 unspecified atom stereocenters. The molecule has 0 aliphatic carbocycles. The van der Waals surface area contributed by atoms with E-state index in [1.807, 2.05) is 6.07 Å². The van der Waals surface area contributed by atoms with Gasteiger partial charge in [-0.25, -0.2) is 9.37 Å². The van der Waals surface area contributed by atoms with Crippen molar-refractivity contribution in [1.29, 1.82) is 5.26 Å². The number of hydrogen-bond acceptors (Lipinski definition) is 4. The molecule has 0 atom stereocenters. The largest absolute Gasteiger partial charge is 0.494 e. The predicted octanol–water partition coefficient (Wildman–Crippen LogP) is 2.84. The van der Waals surface area contributed by atoms with E-state index in [0.29, 0.717) is 17.1 Å². The van der Waals surface area contributed by atoms with Crippen molar-refractivity contribution in [1.82, 2.24) is 4.98 Å². The Morgan fingerprint density at radius 1 is 1.33 bits per heavy atom. The smallest absolute Gasteiger partial charge is 0.165 e. The first-order valence-electron chi connectivity index (χ1n) is 5.19. The van der Waals surface area contributed by atoms with Gasteiger partial charge in [-0.05, 0) is 24.3 Å². The summed E-state index contributed by atoms with van der Waals surface area (Å²) in [5.41, 5.74) is 1.14. The van der Waals surface area contributed by atoms with Crippen LogP contribution in [0.15, 0.2) is 36.5 Å². The highest BCUT2D eigenvalue weighted by molar-refractivity contribution is 5.58. The van der Waals surface area contributed by atoms with Gasteiger partial charge in [0.05, 0.1) is 12.7 Å². The molecule has 4 nitrogen and oxygen atoms in total. The van der Waals surface area contributed by atoms with Gasteiger partial charge in [0, 0.05) is 18.0 Å². The molecule has 0 radical (unpaired) electrons. The number of nitrogens with one attached hydrogen (secondary N) is 1. The fourth-order valence-corrected chi connectivity index (χ4v) is 1.42. The summed E-state index contributed by atoms with van der Waals surface area (Å²) in [6, 6.07) is 9.74. The number of halogens is 1. The van der Waals surface area contributed by atoms with Crippen molar-refractivity contribution in [2.45, 2.75) is 0 Å². The molecule has 90 valence electrons. The summed E-state index contributed by atoms with van der Waals surface area (Å²) in [4.78, 5) is 4.05. The van der Waals surface area contributed by atoms with Crippen LogP contribution in [0.1, 0.15) is 5.56 Å². The van der Waals surface area contributed by atoms with E-state index in [1.165, 1.54) is 25.4 Å². The Labute approximate surface area is 104 Å². The van der Waals surface area contributed by atoms with Crippen molar-refractivity contribution < 1.29 is 9.13 Å². The van der Waals surface area contributed by atoms with Crippen molar-refractivity contribution in [2.75, 3.05) is 12.4 Å². The second-order valence-electron chi connectivity index (χ2n) is 3.52. The van der Waals surface area contributed by atoms with Crippen LogP contribution in [0, 0.1) is 17.1 Å². The Kier molecular flexibility index (Phi) is 3.39. The van der Waals surface area contributed by atoms with Gasteiger partial charge in [0.15, 0.2) is 11.6 Å². The first-order valence-corrected chi connectivity index (χ1v) is 5.19. The lowest BCUT2D eigenvalue weighted by Crippen LogP contribution is -1.95. The first kappa shape index (κ1) is 11.9. The van der Waals surface area contributed by atoms with E-state index in [9.17, 15) is 4.39 Å². The van der Waals surface area contributed by atoms with Crippen LogP contribution in [0.3, 0.4) is 0 Å². The van der Waals surface area contributed by atoms with Crippen molar-refractivity contribution in [2.24, 2.45) is 0 Å². The molecule has 0 saturated carbocycles. The number of anilines is 2. The van der Waals surface area contributed by atoms with Gasteiger partial charge < -0.3 is 10.1 Å². The van der Waals surface area contributed by atoms with Crippen LogP contribution in [0.5, 0.6) is 5.75 Å². The van der Waals surface area contributed by atoms with Gasteiger partial charge in [-0.15, -0.1) is 0 Å². The number of aromatic nitrogens is 1. The van der Waals surface area contributed by atoms with Gasteiger partial charge in [-0.1, -0.05) is 0 Å². The second-order valence-corrected chi connectivity index (χ2v) is 3.52. The van der Waals surface area contributed by atoms with E-state index in [2.05, 4.69) is 10.3 Å². The van der Waals surface area contributed by atoms with Crippen molar-refractivity contribution in [3.8, 4) is 11.8 Å². The zero-order valence-electron chi connectivity index (χ0n) is 9.64. The van der Waals surface area contributed by atoms with E-state index in [-0.39, 0.29) is 5.75 Å². The van der Waals surface area contributed by atoms with E-state index >= 15 is 0 Å². The van der Waals surface area contributed by atoms with Gasteiger partial charge in [0.2, 0.25) is 0 Å². The number of benzene rings is 1. The number of pyridine rings is 1. The summed E-state index contributed by atoms with van der Waals surface area (Å²) in [5.74, 6) is 0.312. The maximum atomic E-state index is 13.2. The Hall–Kier alpha value is -2.61. The normalized spacial score (nSPS) is 9.61. The van der Waals surface area contributed by atoms with Crippen LogP contribution in [-0.2, 0) is 0 Å². The van der Waals surface area contributed by atoms with Crippen LogP contribution in [0.25, 0.3) is 0 Å². The molecule has 0 fully saturated rings. The summed E-state index contributed by atoms with van der Waals surface area (Å²) in [5, 5.41) is 11.6. The molecule has 1 heterocycles. The number of ether oxygens (including phenoxy) is 1. The number of methoxy groups -OCH3 is 1. The number of nitrogens with zero attached hydrogens (tertiary/aromatic N) is 2. The zero-order valence-corrected chi connectivity index (χ0v) is 9.64. The minimum atomic E-state index is -0.421. The summed E-state index contributed by atoms with van der Waals surface area (Å²) >= 11 is 0. The van der Waals surface area contributed by atoms with Crippen LogP contribution in [-0.4, -0.2) is 12.1 Å². The molecule has 1 aromatic carbocycles. The van der Waals surface area contributed by atoms with Crippen LogP contribution >= 0.6 is 0 Å². The quantitative estimate of drug-likeness (QED) is 0.900. The molecule has 1 aromatic heterocycles. The molecule has 18 heavy (non-hydrogen) atoms. The minimum absolute atomic E-state index is 0.161. The predicted molar refractivity (Wildman–Crippen MR) is 65.2 cm³/mol. The van der Waals surface area contributed by atoms with Crippen molar-refractivity contribution >= 4 is 11.5 Å². The van der Waals surface area contributed by atoms with Gasteiger partial charge in [0.1, 0.15) is 11.9 Å². The van der Waals surface area contributed by atoms with Crippen LogP contribution < -0.4 is 10.1 Å². The topological polar surface area (TPSA) is 57.9 Å². The van der Waals surface area contributed by atoms with Gasteiger partial charge in [-0.3, -0.25) is 0 Å². The molecule has 2 rings (SSSR count). The van der Waals surface area contributed by atoms with Crippen LogP contribution in [0.4, 0.5) is 15.9 Å². The molecule has 0 spiro atoms. The lowest BCUT2D eigenvalue weighted by Gasteiger charge is -2.07. The van der Waals surface area contributed by atoms with E-state index in [0.717, 1.165) is 0 Å². The molecule has 0 aliphatic rings. The van der Waals surface area contributed by atoms with E-state index in [1.54, 1.807) is 18.2 Å². The molecule has 2 aromatic rings. The maximum Gasteiger partial charge on any atom is 0.165 e. The summed E-state index contributed by atoms with van der Waals surface area (Å²) in [6.07, 6.45) is 1.46. The fraction of sp³-hybridized carbons (Fsp3) is 0.0769. The minimum Gasteiger partial charge on any atom is -0.494 e. The van der Waals surface area contributed by atoms with E-state index < -0.39 is 5.82 Å². The average molecular weight is 243 g/mol. The molecule has 1 N–H and O–H groups in total. The summed E-state index contributed by atoms with van der Waals surface area (Å²) in [6.45, 7) is 0. The third kappa shape index (κ3) is 2.55. The Morgan fingerprint density at radius 2 is 2.17 bits per heavy atom. The third-order valence-electron chi connectivity index (χ3n) is 2.32. The Bertz CT molecular complexity index is 590. The highest BCUT2D eigenvalue weighted by Gasteiger charge is 2.04. The third-order valence-corrected chi connectivity index (χ3v) is 2.32. The van der Waals surface area contributed by atoms with Gasteiger partial charge in [0.25, 0.3) is 0 Å². The highest BCUT2D eigenvalue weighted by Crippen LogP contribution is 2.23. The molecule has 0 saturated heterocycles. The monoisotopic (exact) mass is 243 g/mol. The molecule has 5 heteroatoms. The lowest BCUT2D eigenvalue weighted by molar-refractivity contribution is 0.387. The van der Waals surface area contributed by atoms with E-state index in [4.69, 9.17) is 10.00 Å². The summed E-state index contributed by atoms with van der Waals surface area (Å²) < 4.78 is 18.1. The number of rotatable bonds is 3. The zero-order chi connectivity index (χ0) is 13.0.